The number of carbonyl (C=O) groups is 2. The molecular weight excluding hydrogens is 308 g/mol. The van der Waals surface area contributed by atoms with Gasteiger partial charge in [0.05, 0.1) is 5.69 Å². The van der Waals surface area contributed by atoms with Crippen molar-refractivity contribution in [3.63, 3.8) is 0 Å². The minimum Gasteiger partial charge on any atom is -0.350 e. The molecule has 112 valence electrons. The normalized spacial score (nSPS) is 10.2. The topological polar surface area (TPSA) is 96.2 Å². The summed E-state index contributed by atoms with van der Waals surface area (Å²) < 4.78 is 0. The molecule has 8 heteroatoms. The third-order valence-corrected chi connectivity index (χ3v) is 4.52. The molecule has 3 amide bonds. The van der Waals surface area contributed by atoms with Crippen LogP contribution in [0.5, 0.6) is 0 Å². The smallest absolute Gasteiger partial charge is 0.319 e. The van der Waals surface area contributed by atoms with E-state index in [4.69, 9.17) is 5.73 Å². The second-order valence-electron chi connectivity index (χ2n) is 4.11. The highest BCUT2D eigenvalue weighted by Crippen LogP contribution is 2.35. The summed E-state index contributed by atoms with van der Waals surface area (Å²) in [4.78, 5) is 25.0. The first-order valence-corrected chi connectivity index (χ1v) is 8.05. The number of hydrogen-bond donors (Lipinski definition) is 4. The van der Waals surface area contributed by atoms with E-state index in [2.05, 4.69) is 16.0 Å². The number of carbonyl (C=O) groups excluding carboxylic acids is 2. The lowest BCUT2D eigenvalue weighted by Gasteiger charge is -2.06. The third-order valence-electron chi connectivity index (χ3n) is 2.65. The van der Waals surface area contributed by atoms with Crippen LogP contribution >= 0.6 is 22.7 Å². The number of anilines is 1. The third kappa shape index (κ3) is 3.81. The summed E-state index contributed by atoms with van der Waals surface area (Å²) in [6, 6.07) is 3.42. The number of amides is 3. The Bertz CT molecular complexity index is 622. The summed E-state index contributed by atoms with van der Waals surface area (Å²) in [5, 5.41) is 11.8. The molecule has 0 spiro atoms. The maximum Gasteiger partial charge on any atom is 0.319 e. The van der Waals surface area contributed by atoms with E-state index in [9.17, 15) is 9.59 Å². The van der Waals surface area contributed by atoms with Crippen LogP contribution in [0, 0.1) is 0 Å². The highest BCUT2D eigenvalue weighted by atomic mass is 32.1. The second kappa shape index (κ2) is 7.21. The Balaban J connectivity index is 2.31. The fourth-order valence-corrected chi connectivity index (χ4v) is 3.41. The second-order valence-corrected chi connectivity index (χ2v) is 5.95. The summed E-state index contributed by atoms with van der Waals surface area (Å²) in [6.45, 7) is 0.761. The highest BCUT2D eigenvalue weighted by molar-refractivity contribution is 7.18. The van der Waals surface area contributed by atoms with Crippen LogP contribution in [-0.4, -0.2) is 32.1 Å². The molecule has 21 heavy (non-hydrogen) atoms. The van der Waals surface area contributed by atoms with Crippen LogP contribution in [0.4, 0.5) is 10.5 Å². The molecule has 2 aromatic rings. The minimum atomic E-state index is -0.363. The van der Waals surface area contributed by atoms with Gasteiger partial charge in [-0.25, -0.2) is 4.79 Å². The molecule has 5 N–H and O–H groups in total. The van der Waals surface area contributed by atoms with Crippen molar-refractivity contribution < 1.29 is 9.59 Å². The highest BCUT2D eigenvalue weighted by Gasteiger charge is 2.18. The Morgan fingerprint density at radius 1 is 1.38 bits per heavy atom. The van der Waals surface area contributed by atoms with E-state index in [0.29, 0.717) is 23.7 Å². The molecule has 0 atom stereocenters. The molecule has 6 nitrogen and oxygen atoms in total. The fraction of sp³-hybridized carbons (Fsp3) is 0.231. The molecule has 0 aliphatic rings. The van der Waals surface area contributed by atoms with Crippen molar-refractivity contribution in [2.75, 3.05) is 25.5 Å². The van der Waals surface area contributed by atoms with Crippen molar-refractivity contribution in [3.05, 3.63) is 27.8 Å². The van der Waals surface area contributed by atoms with E-state index < -0.39 is 0 Å². The van der Waals surface area contributed by atoms with Crippen LogP contribution in [0.15, 0.2) is 22.9 Å². The molecule has 2 rings (SSSR count). The molecular formula is C13H16N4O2S2. The van der Waals surface area contributed by atoms with Gasteiger partial charge in [-0.1, -0.05) is 0 Å². The molecule has 0 bridgehead atoms. The molecule has 0 saturated carbocycles. The summed E-state index contributed by atoms with van der Waals surface area (Å²) in [6.07, 6.45) is 0. The maximum absolute atomic E-state index is 12.2. The monoisotopic (exact) mass is 324 g/mol. The van der Waals surface area contributed by atoms with E-state index in [1.165, 1.54) is 18.4 Å². The molecule has 0 fully saturated rings. The van der Waals surface area contributed by atoms with Crippen molar-refractivity contribution in [1.82, 2.24) is 10.6 Å². The first-order chi connectivity index (χ1) is 10.2. The van der Waals surface area contributed by atoms with Gasteiger partial charge in [0, 0.05) is 30.6 Å². The van der Waals surface area contributed by atoms with Crippen LogP contribution in [0.3, 0.4) is 0 Å². The summed E-state index contributed by atoms with van der Waals surface area (Å²) >= 11 is 2.92. The number of hydrogen-bond acceptors (Lipinski definition) is 5. The van der Waals surface area contributed by atoms with Crippen molar-refractivity contribution in [2.45, 2.75) is 0 Å². The predicted octanol–water partition coefficient (Wildman–Crippen LogP) is 1.92. The van der Waals surface area contributed by atoms with Crippen molar-refractivity contribution >= 4 is 40.3 Å². The van der Waals surface area contributed by atoms with Crippen LogP contribution in [0.2, 0.25) is 0 Å². The van der Waals surface area contributed by atoms with Crippen LogP contribution < -0.4 is 21.7 Å². The Hall–Kier alpha value is -1.90. The van der Waals surface area contributed by atoms with Gasteiger partial charge in [-0.3, -0.25) is 4.79 Å². The average molecular weight is 324 g/mol. The maximum atomic E-state index is 12.2. The first-order valence-electron chi connectivity index (χ1n) is 6.29. The van der Waals surface area contributed by atoms with Gasteiger partial charge >= 0.3 is 6.03 Å². The molecule has 0 radical (unpaired) electrons. The summed E-state index contributed by atoms with van der Waals surface area (Å²) in [5.74, 6) is -0.238. The van der Waals surface area contributed by atoms with E-state index in [1.54, 1.807) is 17.4 Å². The molecule has 2 aromatic heterocycles. The van der Waals surface area contributed by atoms with Gasteiger partial charge < -0.3 is 21.7 Å². The van der Waals surface area contributed by atoms with Gasteiger partial charge in [-0.2, -0.15) is 11.3 Å². The quantitative estimate of drug-likeness (QED) is 0.676. The summed E-state index contributed by atoms with van der Waals surface area (Å²) in [7, 11) is 1.52. The standard InChI is InChI=1S/C13H16N4O2S2/c1-15-13(19)17-9-6-10(8-2-5-20-7-8)21-11(9)12(18)16-4-3-14/h2,5-7H,3-4,14H2,1H3,(H,16,18)(H2,15,17,19). The fourth-order valence-electron chi connectivity index (χ4n) is 1.65. The van der Waals surface area contributed by atoms with Crippen molar-refractivity contribution in [1.29, 1.82) is 0 Å². The number of nitrogens with two attached hydrogens (primary N) is 1. The molecule has 0 unspecified atom stereocenters. The summed E-state index contributed by atoms with van der Waals surface area (Å²) in [5.41, 5.74) is 6.91. The minimum absolute atomic E-state index is 0.238. The lowest BCUT2D eigenvalue weighted by Crippen LogP contribution is -2.30. The van der Waals surface area contributed by atoms with Gasteiger partial charge in [0.2, 0.25) is 0 Å². The van der Waals surface area contributed by atoms with Gasteiger partial charge in [0.15, 0.2) is 0 Å². The molecule has 0 aliphatic carbocycles. The number of urea groups is 1. The van der Waals surface area contributed by atoms with E-state index in [0.717, 1.165) is 10.4 Å². The van der Waals surface area contributed by atoms with Crippen molar-refractivity contribution in [3.8, 4) is 10.4 Å². The van der Waals surface area contributed by atoms with Gasteiger partial charge in [-0.05, 0) is 22.9 Å². The number of rotatable bonds is 5. The Morgan fingerprint density at radius 3 is 2.81 bits per heavy atom. The predicted molar refractivity (Wildman–Crippen MR) is 87.1 cm³/mol. The Labute approximate surface area is 130 Å². The number of nitrogens with one attached hydrogen (secondary N) is 3. The van der Waals surface area contributed by atoms with Crippen LogP contribution in [-0.2, 0) is 0 Å². The number of thiophene rings is 2. The van der Waals surface area contributed by atoms with Crippen LogP contribution in [0.25, 0.3) is 10.4 Å². The van der Waals surface area contributed by atoms with Crippen LogP contribution in [0.1, 0.15) is 9.67 Å². The lowest BCUT2D eigenvalue weighted by molar-refractivity contribution is 0.0959. The van der Waals surface area contributed by atoms with Gasteiger partial charge in [0.1, 0.15) is 4.88 Å². The zero-order valence-electron chi connectivity index (χ0n) is 11.4. The van der Waals surface area contributed by atoms with Gasteiger partial charge in [-0.15, -0.1) is 11.3 Å². The van der Waals surface area contributed by atoms with Crippen molar-refractivity contribution in [2.24, 2.45) is 5.73 Å². The van der Waals surface area contributed by atoms with Gasteiger partial charge in [0.25, 0.3) is 5.91 Å². The van der Waals surface area contributed by atoms with E-state index in [1.807, 2.05) is 16.8 Å². The Kier molecular flexibility index (Phi) is 5.32. The zero-order valence-corrected chi connectivity index (χ0v) is 13.1. The first kappa shape index (κ1) is 15.5. The SMILES string of the molecule is CNC(=O)Nc1cc(-c2ccsc2)sc1C(=O)NCCN. The average Bonchev–Trinajstić information content (AvgIpc) is 3.13. The zero-order chi connectivity index (χ0) is 15.2. The molecule has 2 heterocycles. The molecule has 0 saturated heterocycles. The largest absolute Gasteiger partial charge is 0.350 e. The van der Waals surface area contributed by atoms with E-state index >= 15 is 0 Å². The Morgan fingerprint density at radius 2 is 2.19 bits per heavy atom. The molecule has 0 aliphatic heterocycles. The molecule has 0 aromatic carbocycles. The lowest BCUT2D eigenvalue weighted by atomic mass is 10.2. The van der Waals surface area contributed by atoms with E-state index in [-0.39, 0.29) is 11.9 Å².